The minimum Gasteiger partial charge on any atom is -0.493 e. The average Bonchev–Trinajstić information content (AvgIpc) is 3.52. The lowest BCUT2D eigenvalue weighted by Crippen LogP contribution is -2.27. The molecule has 0 unspecified atom stereocenters. The predicted molar refractivity (Wildman–Crippen MR) is 141 cm³/mol. The monoisotopic (exact) mass is 517 g/mol. The largest absolute Gasteiger partial charge is 0.493 e. The number of hydrogen-bond acceptors (Lipinski definition) is 6. The first-order valence-corrected chi connectivity index (χ1v) is 14.6. The number of hydrogen-bond donors (Lipinski definition) is 0. The van der Waals surface area contributed by atoms with E-state index in [4.69, 9.17) is 14.5 Å². The van der Waals surface area contributed by atoms with Gasteiger partial charge in [-0.3, -0.25) is 0 Å². The maximum atomic E-state index is 13.1. The minimum absolute atomic E-state index is 0.297. The van der Waals surface area contributed by atoms with Gasteiger partial charge in [-0.05, 0) is 43.5 Å². The molecule has 0 bridgehead atoms. The summed E-state index contributed by atoms with van der Waals surface area (Å²) in [6.45, 7) is 2.57. The maximum absolute atomic E-state index is 13.1. The number of rotatable bonds is 11. The van der Waals surface area contributed by atoms with Crippen LogP contribution in [0.15, 0.2) is 46.5 Å². The highest BCUT2D eigenvalue weighted by molar-refractivity contribution is 7.98. The van der Waals surface area contributed by atoms with Crippen LogP contribution in [0.5, 0.6) is 11.5 Å². The smallest absolute Gasteiger partial charge is 0.242 e. The zero-order valence-corrected chi connectivity index (χ0v) is 22.6. The van der Waals surface area contributed by atoms with Gasteiger partial charge in [0.25, 0.3) is 0 Å². The molecule has 0 N–H and O–H groups in total. The molecule has 1 heterocycles. The van der Waals surface area contributed by atoms with Gasteiger partial charge in [0.2, 0.25) is 10.0 Å². The molecular formula is C26H35N3O4S2. The van der Waals surface area contributed by atoms with Crippen LogP contribution in [-0.4, -0.2) is 50.1 Å². The third-order valence-electron chi connectivity index (χ3n) is 6.69. The molecular weight excluding hydrogens is 482 g/mol. The molecule has 1 saturated carbocycles. The van der Waals surface area contributed by atoms with Crippen LogP contribution in [0, 0.1) is 0 Å². The minimum atomic E-state index is -3.55. The van der Waals surface area contributed by atoms with E-state index in [9.17, 15) is 8.42 Å². The number of unbranched alkanes of at least 4 members (excludes halogenated alkanes) is 1. The van der Waals surface area contributed by atoms with Crippen LogP contribution in [0.4, 0.5) is 0 Å². The first-order valence-electron chi connectivity index (χ1n) is 12.2. The van der Waals surface area contributed by atoms with Gasteiger partial charge in [-0.1, -0.05) is 50.1 Å². The number of fused-ring (bicyclic) bond motifs is 1. The fraction of sp³-hybridized carbons (Fsp3) is 0.500. The second-order valence-corrected chi connectivity index (χ2v) is 12.0. The van der Waals surface area contributed by atoms with Crippen LogP contribution in [0.1, 0.15) is 57.1 Å². The van der Waals surface area contributed by atoms with Crippen molar-refractivity contribution in [3.8, 4) is 11.5 Å². The predicted octanol–water partition coefficient (Wildman–Crippen LogP) is 5.88. The van der Waals surface area contributed by atoms with E-state index in [1.54, 1.807) is 45.2 Å². The molecule has 1 aliphatic carbocycles. The van der Waals surface area contributed by atoms with Crippen molar-refractivity contribution in [1.82, 2.24) is 13.9 Å². The van der Waals surface area contributed by atoms with E-state index in [2.05, 4.69) is 11.5 Å². The van der Waals surface area contributed by atoms with Gasteiger partial charge in [0.15, 0.2) is 16.7 Å². The van der Waals surface area contributed by atoms with E-state index < -0.39 is 10.0 Å². The van der Waals surface area contributed by atoms with Crippen LogP contribution in [0.25, 0.3) is 11.0 Å². The third-order valence-corrected chi connectivity index (χ3v) is 9.55. The molecule has 0 atom stereocenters. The zero-order chi connectivity index (χ0) is 25.0. The highest BCUT2D eigenvalue weighted by Crippen LogP contribution is 2.40. The van der Waals surface area contributed by atoms with Crippen LogP contribution < -0.4 is 9.47 Å². The third kappa shape index (κ3) is 5.32. The zero-order valence-electron chi connectivity index (χ0n) is 21.0. The summed E-state index contributed by atoms with van der Waals surface area (Å²) >= 11 is 1.65. The quantitative estimate of drug-likeness (QED) is 0.296. The fourth-order valence-corrected chi connectivity index (χ4v) is 7.02. The lowest BCUT2D eigenvalue weighted by molar-refractivity contribution is 0.352. The molecule has 1 aromatic heterocycles. The number of ether oxygens (including phenoxy) is 2. The molecule has 2 aromatic carbocycles. The first kappa shape index (κ1) is 25.9. The second kappa shape index (κ2) is 11.2. The molecule has 7 nitrogen and oxygen atoms in total. The number of aromatic nitrogens is 2. The van der Waals surface area contributed by atoms with Crippen LogP contribution in [-0.2, 0) is 15.8 Å². The van der Waals surface area contributed by atoms with Gasteiger partial charge in [0.05, 0.1) is 30.1 Å². The van der Waals surface area contributed by atoms with Crippen molar-refractivity contribution >= 4 is 32.8 Å². The number of methoxy groups -OCH3 is 2. The topological polar surface area (TPSA) is 73.7 Å². The molecule has 0 aliphatic heterocycles. The number of nitrogens with zero attached hydrogens (tertiary/aromatic N) is 3. The number of thioether (sulfide) groups is 1. The highest BCUT2D eigenvalue weighted by atomic mass is 32.2. The number of benzene rings is 2. The van der Waals surface area contributed by atoms with E-state index >= 15 is 0 Å². The van der Waals surface area contributed by atoms with Crippen molar-refractivity contribution in [2.24, 2.45) is 0 Å². The Morgan fingerprint density at radius 2 is 1.91 bits per heavy atom. The summed E-state index contributed by atoms with van der Waals surface area (Å²) in [6.07, 6.45) is 6.41. The molecule has 0 amide bonds. The summed E-state index contributed by atoms with van der Waals surface area (Å²) in [5, 5.41) is 0.908. The molecule has 190 valence electrons. The first-order chi connectivity index (χ1) is 16.9. The van der Waals surface area contributed by atoms with E-state index in [0.717, 1.165) is 53.2 Å². The summed E-state index contributed by atoms with van der Waals surface area (Å²) in [7, 11) is 1.39. The Balaban J connectivity index is 1.70. The van der Waals surface area contributed by atoms with Crippen LogP contribution >= 0.6 is 11.8 Å². The Bertz CT molecular complexity index is 1270. The molecule has 35 heavy (non-hydrogen) atoms. The Hall–Kier alpha value is -2.23. The summed E-state index contributed by atoms with van der Waals surface area (Å²) in [4.78, 5) is 5.23. The van der Waals surface area contributed by atoms with Gasteiger partial charge in [-0.2, -0.15) is 0 Å². The maximum Gasteiger partial charge on any atom is 0.242 e. The van der Waals surface area contributed by atoms with Gasteiger partial charge in [0, 0.05) is 31.0 Å². The van der Waals surface area contributed by atoms with Gasteiger partial charge in [-0.25, -0.2) is 17.7 Å². The van der Waals surface area contributed by atoms with Crippen molar-refractivity contribution in [1.29, 1.82) is 0 Å². The van der Waals surface area contributed by atoms with Crippen LogP contribution in [0.3, 0.4) is 0 Å². The molecule has 0 saturated heterocycles. The van der Waals surface area contributed by atoms with Crippen molar-refractivity contribution < 1.29 is 17.9 Å². The second-order valence-electron chi connectivity index (χ2n) is 8.97. The summed E-state index contributed by atoms with van der Waals surface area (Å²) in [5.74, 6) is 2.10. The Labute approximate surface area is 212 Å². The number of sulfonamides is 1. The molecule has 3 aromatic rings. The Morgan fingerprint density at radius 1 is 1.14 bits per heavy atom. The Morgan fingerprint density at radius 3 is 2.60 bits per heavy atom. The normalized spacial score (nSPS) is 14.8. The van der Waals surface area contributed by atoms with E-state index in [1.807, 2.05) is 24.3 Å². The van der Waals surface area contributed by atoms with Gasteiger partial charge in [0.1, 0.15) is 0 Å². The van der Waals surface area contributed by atoms with Crippen molar-refractivity contribution in [2.75, 3.05) is 27.8 Å². The van der Waals surface area contributed by atoms with E-state index in [0.29, 0.717) is 29.0 Å². The number of para-hydroxylation sites is 1. The molecule has 1 fully saturated rings. The lowest BCUT2D eigenvalue weighted by atomic mass is 10.2. The average molecular weight is 518 g/mol. The standard InChI is InChI=1S/C26H35N3O4S2/c1-5-6-16-28(2)35(30,31)21-14-15-23-22(17-21)27-26(29(23)20-11-7-8-12-20)34-18-19-10-9-13-24(32-3)25(19)33-4/h9-10,13-15,17,20H,5-8,11-12,16,18H2,1-4H3. The fourth-order valence-electron chi connectivity index (χ4n) is 4.72. The molecule has 0 spiro atoms. The summed E-state index contributed by atoms with van der Waals surface area (Å²) in [6, 6.07) is 11.7. The van der Waals surface area contributed by atoms with Gasteiger partial charge < -0.3 is 14.0 Å². The van der Waals surface area contributed by atoms with Crippen molar-refractivity contribution in [2.45, 2.75) is 67.3 Å². The SMILES string of the molecule is CCCCN(C)S(=O)(=O)c1ccc2c(c1)nc(SCc1cccc(OC)c1OC)n2C1CCCC1. The van der Waals surface area contributed by atoms with Crippen LogP contribution in [0.2, 0.25) is 0 Å². The van der Waals surface area contributed by atoms with Crippen molar-refractivity contribution in [3.05, 3.63) is 42.0 Å². The van der Waals surface area contributed by atoms with E-state index in [-0.39, 0.29) is 0 Å². The van der Waals surface area contributed by atoms with Gasteiger partial charge in [-0.15, -0.1) is 0 Å². The van der Waals surface area contributed by atoms with Gasteiger partial charge >= 0.3 is 0 Å². The molecule has 0 radical (unpaired) electrons. The van der Waals surface area contributed by atoms with E-state index in [1.165, 1.54) is 17.1 Å². The molecule has 9 heteroatoms. The van der Waals surface area contributed by atoms with Crippen molar-refractivity contribution in [3.63, 3.8) is 0 Å². The highest BCUT2D eigenvalue weighted by Gasteiger charge is 2.26. The molecule has 1 aliphatic rings. The summed E-state index contributed by atoms with van der Waals surface area (Å²) < 4.78 is 41.1. The molecule has 4 rings (SSSR count). The summed E-state index contributed by atoms with van der Waals surface area (Å²) in [5.41, 5.74) is 2.75. The number of imidazole rings is 1. The lowest BCUT2D eigenvalue weighted by Gasteiger charge is -2.18. The Kier molecular flexibility index (Phi) is 8.29.